The van der Waals surface area contributed by atoms with Crippen LogP contribution in [0.1, 0.15) is 26.2 Å². The smallest absolute Gasteiger partial charge is 0.168 e. The maximum Gasteiger partial charge on any atom is 0.168 e. The van der Waals surface area contributed by atoms with Crippen molar-refractivity contribution in [1.29, 1.82) is 0 Å². The number of hydrogen-bond acceptors (Lipinski definition) is 5. The number of methoxy groups -OCH3 is 1. The summed E-state index contributed by atoms with van der Waals surface area (Å²) in [6, 6.07) is 13.9. The molecule has 1 aromatic heterocycles. The molecule has 0 spiro atoms. The molecule has 0 aliphatic carbocycles. The summed E-state index contributed by atoms with van der Waals surface area (Å²) >= 11 is 0. The largest absolute Gasteiger partial charge is 0.504 e. The first kappa shape index (κ1) is 16.6. The molecule has 0 saturated carbocycles. The maximum atomic E-state index is 10.5. The van der Waals surface area contributed by atoms with Crippen LogP contribution in [0.3, 0.4) is 0 Å². The molecule has 0 unspecified atom stereocenters. The van der Waals surface area contributed by atoms with Gasteiger partial charge in [0, 0.05) is 18.0 Å². The highest BCUT2D eigenvalue weighted by atomic mass is 16.5. The van der Waals surface area contributed by atoms with Gasteiger partial charge in [-0.1, -0.05) is 18.2 Å². The van der Waals surface area contributed by atoms with Crippen LogP contribution >= 0.6 is 0 Å². The monoisotopic (exact) mass is 349 g/mol. The van der Waals surface area contributed by atoms with Gasteiger partial charge in [-0.25, -0.2) is 9.97 Å². The summed E-state index contributed by atoms with van der Waals surface area (Å²) in [6.07, 6.45) is 3.59. The van der Waals surface area contributed by atoms with Crippen molar-refractivity contribution in [1.82, 2.24) is 9.97 Å². The van der Waals surface area contributed by atoms with Crippen molar-refractivity contribution in [2.24, 2.45) is 0 Å². The van der Waals surface area contributed by atoms with Gasteiger partial charge in [-0.3, -0.25) is 0 Å². The first-order chi connectivity index (χ1) is 12.7. The lowest BCUT2D eigenvalue weighted by molar-refractivity contribution is 0.374. The summed E-state index contributed by atoms with van der Waals surface area (Å²) in [7, 11) is 1.54. The summed E-state index contributed by atoms with van der Waals surface area (Å²) in [5, 5.41) is 11.6. The van der Waals surface area contributed by atoms with Gasteiger partial charge in [0.1, 0.15) is 5.82 Å². The van der Waals surface area contributed by atoms with Crippen molar-refractivity contribution in [2.45, 2.75) is 32.2 Å². The van der Waals surface area contributed by atoms with Crippen LogP contribution in [0.5, 0.6) is 11.5 Å². The second kappa shape index (κ2) is 6.83. The lowest BCUT2D eigenvalue weighted by Crippen LogP contribution is -2.38. The molecule has 1 fully saturated rings. The molecule has 1 atom stereocenters. The highest BCUT2D eigenvalue weighted by molar-refractivity contribution is 5.91. The van der Waals surface area contributed by atoms with Gasteiger partial charge in [0.25, 0.3) is 0 Å². The molecule has 2 aromatic carbocycles. The summed E-state index contributed by atoms with van der Waals surface area (Å²) in [5.41, 5.74) is 1.47. The number of phenolic OH excluding ortho intramolecular Hbond substituents is 1. The van der Waals surface area contributed by atoms with E-state index in [9.17, 15) is 5.11 Å². The summed E-state index contributed by atoms with van der Waals surface area (Å²) < 4.78 is 5.24. The number of ether oxygens (including phenoxy) is 1. The van der Waals surface area contributed by atoms with E-state index in [2.05, 4.69) is 17.9 Å². The Morgan fingerprint density at radius 3 is 2.73 bits per heavy atom. The number of piperidine rings is 1. The van der Waals surface area contributed by atoms with Crippen LogP contribution in [0.15, 0.2) is 42.5 Å². The van der Waals surface area contributed by atoms with Crippen molar-refractivity contribution in [3.8, 4) is 22.9 Å². The Morgan fingerprint density at radius 1 is 1.08 bits per heavy atom. The van der Waals surface area contributed by atoms with Crippen LogP contribution in [0, 0.1) is 0 Å². The molecule has 134 valence electrons. The van der Waals surface area contributed by atoms with Crippen LogP contribution in [0.2, 0.25) is 0 Å². The fourth-order valence-corrected chi connectivity index (χ4v) is 3.68. The molecule has 1 aliphatic rings. The SMILES string of the molecule is COc1cccc(-c2nc(N3CCCC[C@@H]3C)c3ccccc3n2)c1O. The predicted octanol–water partition coefficient (Wildman–Crippen LogP) is 4.39. The van der Waals surface area contributed by atoms with Crippen molar-refractivity contribution >= 4 is 16.7 Å². The lowest BCUT2D eigenvalue weighted by atomic mass is 10.0. The minimum absolute atomic E-state index is 0.0722. The van der Waals surface area contributed by atoms with Gasteiger partial charge < -0.3 is 14.7 Å². The van der Waals surface area contributed by atoms with Gasteiger partial charge in [-0.05, 0) is 50.5 Å². The fraction of sp³-hybridized carbons (Fsp3) is 0.333. The van der Waals surface area contributed by atoms with E-state index in [1.54, 1.807) is 13.2 Å². The van der Waals surface area contributed by atoms with E-state index in [4.69, 9.17) is 14.7 Å². The van der Waals surface area contributed by atoms with Crippen LogP contribution < -0.4 is 9.64 Å². The molecule has 3 aromatic rings. The van der Waals surface area contributed by atoms with E-state index >= 15 is 0 Å². The third-order valence-electron chi connectivity index (χ3n) is 5.12. The third kappa shape index (κ3) is 2.83. The van der Waals surface area contributed by atoms with Crippen LogP contribution in [-0.2, 0) is 0 Å². The van der Waals surface area contributed by atoms with E-state index in [1.807, 2.05) is 30.3 Å². The molecule has 1 aliphatic heterocycles. The number of fused-ring (bicyclic) bond motifs is 1. The average molecular weight is 349 g/mol. The number of nitrogens with zero attached hydrogens (tertiary/aromatic N) is 3. The molecule has 5 nitrogen and oxygen atoms in total. The molecular formula is C21H23N3O2. The zero-order valence-electron chi connectivity index (χ0n) is 15.1. The Kier molecular flexibility index (Phi) is 4.37. The van der Waals surface area contributed by atoms with Crippen molar-refractivity contribution in [3.63, 3.8) is 0 Å². The van der Waals surface area contributed by atoms with E-state index in [-0.39, 0.29) is 5.75 Å². The first-order valence-electron chi connectivity index (χ1n) is 9.09. The predicted molar refractivity (Wildman–Crippen MR) is 104 cm³/mol. The van der Waals surface area contributed by atoms with Crippen molar-refractivity contribution in [3.05, 3.63) is 42.5 Å². The highest BCUT2D eigenvalue weighted by Gasteiger charge is 2.23. The standard InChI is InChI=1S/C21H23N3O2/c1-14-8-5-6-13-24(14)21-15-9-3-4-11-17(15)22-20(23-21)16-10-7-12-18(26-2)19(16)25/h3-4,7,9-12,14,25H,5-6,8,13H2,1-2H3/t14-/m0/s1. The number of benzene rings is 2. The van der Waals surface area contributed by atoms with E-state index in [1.165, 1.54) is 12.8 Å². The molecule has 0 bridgehead atoms. The van der Waals surface area contributed by atoms with Crippen molar-refractivity contribution < 1.29 is 9.84 Å². The van der Waals surface area contributed by atoms with Crippen LogP contribution in [0.25, 0.3) is 22.3 Å². The van der Waals surface area contributed by atoms with Gasteiger partial charge in [0.2, 0.25) is 0 Å². The number of hydrogen-bond donors (Lipinski definition) is 1. The Hall–Kier alpha value is -2.82. The third-order valence-corrected chi connectivity index (χ3v) is 5.12. The minimum Gasteiger partial charge on any atom is -0.504 e. The highest BCUT2D eigenvalue weighted by Crippen LogP contribution is 2.38. The van der Waals surface area contributed by atoms with Gasteiger partial charge in [0.05, 0.1) is 18.2 Å². The Bertz CT molecular complexity index is 942. The number of aromatic hydroxyl groups is 1. The summed E-state index contributed by atoms with van der Waals surface area (Å²) in [6.45, 7) is 3.24. The molecule has 1 N–H and O–H groups in total. The molecular weight excluding hydrogens is 326 g/mol. The topological polar surface area (TPSA) is 58.5 Å². The summed E-state index contributed by atoms with van der Waals surface area (Å²) in [4.78, 5) is 12.0. The Labute approximate surface area is 153 Å². The number of aromatic nitrogens is 2. The molecule has 1 saturated heterocycles. The zero-order valence-corrected chi connectivity index (χ0v) is 15.1. The lowest BCUT2D eigenvalue weighted by Gasteiger charge is -2.35. The Balaban J connectivity index is 1.92. The molecule has 26 heavy (non-hydrogen) atoms. The quantitative estimate of drug-likeness (QED) is 0.760. The van der Waals surface area contributed by atoms with Crippen LogP contribution in [0.4, 0.5) is 5.82 Å². The van der Waals surface area contributed by atoms with E-state index in [0.717, 1.165) is 29.7 Å². The van der Waals surface area contributed by atoms with Crippen LogP contribution in [-0.4, -0.2) is 34.8 Å². The normalized spacial score (nSPS) is 17.5. The van der Waals surface area contributed by atoms with Gasteiger partial charge in [-0.2, -0.15) is 0 Å². The van der Waals surface area contributed by atoms with E-state index in [0.29, 0.717) is 23.2 Å². The number of phenols is 1. The molecule has 0 amide bonds. The average Bonchev–Trinajstić information content (AvgIpc) is 2.68. The van der Waals surface area contributed by atoms with Gasteiger partial charge in [-0.15, -0.1) is 0 Å². The second-order valence-electron chi connectivity index (χ2n) is 6.78. The van der Waals surface area contributed by atoms with Gasteiger partial charge in [0.15, 0.2) is 17.3 Å². The molecule has 0 radical (unpaired) electrons. The van der Waals surface area contributed by atoms with Gasteiger partial charge >= 0.3 is 0 Å². The number of anilines is 1. The summed E-state index contributed by atoms with van der Waals surface area (Å²) in [5.74, 6) is 1.96. The second-order valence-corrected chi connectivity index (χ2v) is 6.78. The maximum absolute atomic E-state index is 10.5. The first-order valence-corrected chi connectivity index (χ1v) is 9.09. The molecule has 5 heteroatoms. The molecule has 2 heterocycles. The fourth-order valence-electron chi connectivity index (χ4n) is 3.68. The zero-order chi connectivity index (χ0) is 18.1. The Morgan fingerprint density at radius 2 is 1.92 bits per heavy atom. The number of para-hydroxylation sites is 2. The number of rotatable bonds is 3. The van der Waals surface area contributed by atoms with E-state index < -0.39 is 0 Å². The minimum atomic E-state index is 0.0722. The molecule has 4 rings (SSSR count). The van der Waals surface area contributed by atoms with Crippen molar-refractivity contribution in [2.75, 3.05) is 18.6 Å².